The van der Waals surface area contributed by atoms with Crippen molar-refractivity contribution in [2.45, 2.75) is 13.2 Å². The predicted octanol–water partition coefficient (Wildman–Crippen LogP) is 1.20. The van der Waals surface area contributed by atoms with Crippen molar-refractivity contribution in [1.82, 2.24) is 9.78 Å². The van der Waals surface area contributed by atoms with Crippen LogP contribution in [0.2, 0.25) is 0 Å². The van der Waals surface area contributed by atoms with Crippen LogP contribution in [-0.2, 0) is 15.4 Å². The topological polar surface area (TPSA) is 70.1 Å². The molecule has 6 heteroatoms. The molecule has 0 bridgehead atoms. The minimum atomic E-state index is -1.65. The molecule has 12 heavy (non-hydrogen) atoms. The van der Waals surface area contributed by atoms with E-state index in [0.29, 0.717) is 12.4 Å². The molecule has 0 radical (unpaired) electrons. The summed E-state index contributed by atoms with van der Waals surface area (Å²) < 4.78 is 17.4. The standard InChI is InChI=1S/C6H11N3O2P/c1-2-11-12(10)5-9-4-3-6(7)8-9/h3-4H,2,5H2,1H3,(H2,7,8)/q+1. The summed E-state index contributed by atoms with van der Waals surface area (Å²) >= 11 is 0. The summed E-state index contributed by atoms with van der Waals surface area (Å²) in [7, 11) is -1.65. The van der Waals surface area contributed by atoms with Gasteiger partial charge >= 0.3 is 8.03 Å². The van der Waals surface area contributed by atoms with Crippen molar-refractivity contribution in [2.75, 3.05) is 12.3 Å². The normalized spacial score (nSPS) is 11.6. The average molecular weight is 188 g/mol. The van der Waals surface area contributed by atoms with Gasteiger partial charge in [0.1, 0.15) is 5.82 Å². The van der Waals surface area contributed by atoms with E-state index in [2.05, 4.69) is 5.10 Å². The lowest BCUT2D eigenvalue weighted by molar-refractivity contribution is 0.344. The Morgan fingerprint density at radius 2 is 2.58 bits per heavy atom. The molecular weight excluding hydrogens is 177 g/mol. The van der Waals surface area contributed by atoms with Crippen LogP contribution in [-0.4, -0.2) is 16.4 Å². The summed E-state index contributed by atoms with van der Waals surface area (Å²) in [4.78, 5) is 0. The summed E-state index contributed by atoms with van der Waals surface area (Å²) in [6, 6.07) is 1.65. The molecular formula is C6H11N3O2P+. The van der Waals surface area contributed by atoms with Crippen LogP contribution < -0.4 is 5.73 Å². The summed E-state index contributed by atoms with van der Waals surface area (Å²) in [6.45, 7) is 2.25. The van der Waals surface area contributed by atoms with E-state index in [4.69, 9.17) is 10.3 Å². The third-order valence-electron chi connectivity index (χ3n) is 1.19. The maximum Gasteiger partial charge on any atom is 0.531 e. The molecule has 0 aliphatic carbocycles. The quantitative estimate of drug-likeness (QED) is 0.720. The Balaban J connectivity index is 2.46. The largest absolute Gasteiger partial charge is 0.531 e. The molecule has 1 aromatic rings. The van der Waals surface area contributed by atoms with Crippen LogP contribution in [0.5, 0.6) is 0 Å². The van der Waals surface area contributed by atoms with Gasteiger partial charge in [-0.2, -0.15) is 5.10 Å². The molecule has 0 aliphatic rings. The van der Waals surface area contributed by atoms with Gasteiger partial charge in [-0.25, -0.2) is 4.68 Å². The second kappa shape index (κ2) is 4.18. The van der Waals surface area contributed by atoms with E-state index in [0.717, 1.165) is 0 Å². The first kappa shape index (κ1) is 9.16. The predicted molar refractivity (Wildman–Crippen MR) is 45.9 cm³/mol. The molecule has 0 aliphatic heterocycles. The van der Waals surface area contributed by atoms with Crippen molar-refractivity contribution in [1.29, 1.82) is 0 Å². The number of anilines is 1. The Hall–Kier alpha value is -0.930. The fourth-order valence-electron chi connectivity index (χ4n) is 0.759. The number of hydrogen-bond donors (Lipinski definition) is 1. The van der Waals surface area contributed by atoms with Gasteiger partial charge in [-0.1, -0.05) is 0 Å². The van der Waals surface area contributed by atoms with Gasteiger partial charge in [-0.05, 0) is 11.5 Å². The number of hydrogen-bond acceptors (Lipinski definition) is 4. The zero-order valence-electron chi connectivity index (χ0n) is 6.80. The zero-order valence-corrected chi connectivity index (χ0v) is 7.70. The first-order valence-corrected chi connectivity index (χ1v) is 4.95. The van der Waals surface area contributed by atoms with Crippen molar-refractivity contribution in [3.63, 3.8) is 0 Å². The summed E-state index contributed by atoms with van der Waals surface area (Å²) in [5.41, 5.74) is 5.36. The SMILES string of the molecule is CCO[P+](=O)Cn1ccc(N)n1. The van der Waals surface area contributed by atoms with Crippen LogP contribution in [0.3, 0.4) is 0 Å². The van der Waals surface area contributed by atoms with Crippen LogP contribution in [0.15, 0.2) is 12.3 Å². The van der Waals surface area contributed by atoms with Crippen molar-refractivity contribution in [2.24, 2.45) is 0 Å². The van der Waals surface area contributed by atoms with Crippen molar-refractivity contribution in [3.05, 3.63) is 12.3 Å². The molecule has 1 rings (SSSR count). The summed E-state index contributed by atoms with van der Waals surface area (Å²) in [6.07, 6.45) is 1.93. The van der Waals surface area contributed by atoms with Crippen LogP contribution >= 0.6 is 8.03 Å². The second-order valence-electron chi connectivity index (χ2n) is 2.17. The van der Waals surface area contributed by atoms with Crippen LogP contribution in [0.4, 0.5) is 5.82 Å². The Morgan fingerprint density at radius 1 is 1.83 bits per heavy atom. The second-order valence-corrected chi connectivity index (χ2v) is 3.38. The number of rotatable bonds is 4. The van der Waals surface area contributed by atoms with Gasteiger partial charge in [0, 0.05) is 12.3 Å². The van der Waals surface area contributed by atoms with E-state index < -0.39 is 8.03 Å². The minimum Gasteiger partial charge on any atom is -0.382 e. The van der Waals surface area contributed by atoms with Crippen LogP contribution in [0.1, 0.15) is 6.92 Å². The Morgan fingerprint density at radius 3 is 3.08 bits per heavy atom. The molecule has 0 saturated carbocycles. The number of nitrogen functional groups attached to an aromatic ring is 1. The maximum atomic E-state index is 11.0. The fraction of sp³-hybridized carbons (Fsp3) is 0.500. The van der Waals surface area contributed by atoms with Gasteiger partial charge < -0.3 is 5.73 Å². The fourth-order valence-corrected chi connectivity index (χ4v) is 1.52. The lowest BCUT2D eigenvalue weighted by atomic mass is 10.7. The van der Waals surface area contributed by atoms with E-state index in [1.54, 1.807) is 19.2 Å². The molecule has 0 fully saturated rings. The lowest BCUT2D eigenvalue weighted by Gasteiger charge is -1.88. The number of nitrogens with two attached hydrogens (primary N) is 1. The van der Waals surface area contributed by atoms with Crippen LogP contribution in [0.25, 0.3) is 0 Å². The first-order valence-electron chi connectivity index (χ1n) is 3.59. The number of nitrogens with zero attached hydrogens (tertiary/aromatic N) is 2. The molecule has 0 spiro atoms. The molecule has 0 saturated heterocycles. The monoisotopic (exact) mass is 188 g/mol. The Bertz CT molecular complexity index is 274. The molecule has 5 nitrogen and oxygen atoms in total. The molecule has 0 aromatic carbocycles. The highest BCUT2D eigenvalue weighted by Crippen LogP contribution is 2.23. The highest BCUT2D eigenvalue weighted by atomic mass is 31.1. The highest BCUT2D eigenvalue weighted by Gasteiger charge is 2.17. The smallest absolute Gasteiger partial charge is 0.382 e. The lowest BCUT2D eigenvalue weighted by Crippen LogP contribution is -1.97. The van der Waals surface area contributed by atoms with E-state index in [1.807, 2.05) is 0 Å². The van der Waals surface area contributed by atoms with Gasteiger partial charge in [0.15, 0.2) is 0 Å². The van der Waals surface area contributed by atoms with E-state index in [1.165, 1.54) is 4.68 Å². The summed E-state index contributed by atoms with van der Waals surface area (Å²) in [5.74, 6) is 0.426. The molecule has 2 N–H and O–H groups in total. The van der Waals surface area contributed by atoms with Gasteiger partial charge in [0.05, 0.1) is 6.61 Å². The zero-order chi connectivity index (χ0) is 8.97. The molecule has 1 heterocycles. The Kier molecular flexibility index (Phi) is 3.19. The van der Waals surface area contributed by atoms with Crippen molar-refractivity contribution in [3.8, 4) is 0 Å². The number of aromatic nitrogens is 2. The maximum absolute atomic E-state index is 11.0. The molecule has 66 valence electrons. The van der Waals surface area contributed by atoms with Crippen molar-refractivity contribution < 1.29 is 9.09 Å². The van der Waals surface area contributed by atoms with E-state index in [9.17, 15) is 4.57 Å². The molecule has 1 unspecified atom stereocenters. The molecule has 1 aromatic heterocycles. The third-order valence-corrected chi connectivity index (χ3v) is 2.26. The minimum absolute atomic E-state index is 0.264. The van der Waals surface area contributed by atoms with Crippen molar-refractivity contribution >= 4 is 13.8 Å². The van der Waals surface area contributed by atoms with Gasteiger partial charge in [0.25, 0.3) is 6.29 Å². The molecule has 0 amide bonds. The van der Waals surface area contributed by atoms with Gasteiger partial charge in [-0.15, -0.1) is 4.52 Å². The first-order chi connectivity index (χ1) is 5.72. The van der Waals surface area contributed by atoms with E-state index >= 15 is 0 Å². The van der Waals surface area contributed by atoms with Crippen LogP contribution in [0, 0.1) is 0 Å². The third kappa shape index (κ3) is 2.60. The van der Waals surface area contributed by atoms with Gasteiger partial charge in [0.2, 0.25) is 0 Å². The highest BCUT2D eigenvalue weighted by molar-refractivity contribution is 7.37. The van der Waals surface area contributed by atoms with Gasteiger partial charge in [-0.3, -0.25) is 0 Å². The van der Waals surface area contributed by atoms with E-state index in [-0.39, 0.29) is 6.29 Å². The average Bonchev–Trinajstić information content (AvgIpc) is 2.36. The molecule has 1 atom stereocenters. The Labute approximate surface area is 71.4 Å². The summed E-state index contributed by atoms with van der Waals surface area (Å²) in [5, 5.41) is 3.86.